The first-order valence-electron chi connectivity index (χ1n) is 4.23. The van der Waals surface area contributed by atoms with E-state index in [1.165, 1.54) is 0 Å². The smallest absolute Gasteiger partial charge is 0.450 e. The van der Waals surface area contributed by atoms with Gasteiger partial charge in [0.1, 0.15) is 6.10 Å². The van der Waals surface area contributed by atoms with Crippen molar-refractivity contribution in [1.82, 2.24) is 0 Å². The van der Waals surface area contributed by atoms with E-state index in [2.05, 4.69) is 0 Å². The summed E-state index contributed by atoms with van der Waals surface area (Å²) >= 11 is 0. The predicted octanol–water partition coefficient (Wildman–Crippen LogP) is 1.11. The predicted molar refractivity (Wildman–Crippen MR) is 39.9 cm³/mol. The summed E-state index contributed by atoms with van der Waals surface area (Å²) in [6, 6.07) is 0. The van der Waals surface area contributed by atoms with E-state index in [4.69, 9.17) is 14.6 Å². The second-order valence-corrected chi connectivity index (χ2v) is 3.53. The molecule has 2 unspecified atom stereocenters. The Kier molecular flexibility index (Phi) is 1.92. The van der Waals surface area contributed by atoms with E-state index in [1.807, 2.05) is 0 Å². The molecule has 12 heavy (non-hydrogen) atoms. The number of fused-ring (bicyclic) bond motifs is 1. The van der Waals surface area contributed by atoms with E-state index in [1.54, 1.807) is 0 Å². The number of rotatable bonds is 1. The molecule has 1 aliphatic carbocycles. The number of ether oxygens (including phenoxy) is 2. The van der Waals surface area contributed by atoms with Gasteiger partial charge in [0.25, 0.3) is 0 Å². The minimum Gasteiger partial charge on any atom is -0.450 e. The van der Waals surface area contributed by atoms with Crippen molar-refractivity contribution in [3.63, 3.8) is 0 Å². The Morgan fingerprint density at radius 1 is 1.33 bits per heavy atom. The van der Waals surface area contributed by atoms with Crippen molar-refractivity contribution in [3.05, 3.63) is 0 Å². The first-order chi connectivity index (χ1) is 5.75. The highest BCUT2D eigenvalue weighted by molar-refractivity contribution is 5.57. The van der Waals surface area contributed by atoms with E-state index in [-0.39, 0.29) is 6.10 Å². The number of hydrogen-bond donors (Lipinski definition) is 1. The summed E-state index contributed by atoms with van der Waals surface area (Å²) in [5.74, 6) is 1.07. The first kappa shape index (κ1) is 7.86. The van der Waals surface area contributed by atoms with Crippen LogP contribution in [0.2, 0.25) is 0 Å². The normalized spacial score (nSPS) is 39.5. The maximum Gasteiger partial charge on any atom is 0.506 e. The Morgan fingerprint density at radius 3 is 2.42 bits per heavy atom. The van der Waals surface area contributed by atoms with Gasteiger partial charge in [0.05, 0.1) is 0 Å². The van der Waals surface area contributed by atoms with Gasteiger partial charge in [0.15, 0.2) is 0 Å². The molecule has 1 N–H and O–H groups in total. The summed E-state index contributed by atoms with van der Waals surface area (Å²) in [6.07, 6.45) is 0.454. The molecule has 4 heteroatoms. The van der Waals surface area contributed by atoms with Gasteiger partial charge in [-0.2, -0.15) is 0 Å². The van der Waals surface area contributed by atoms with Crippen LogP contribution in [0.5, 0.6) is 0 Å². The molecule has 2 rings (SSSR count). The van der Waals surface area contributed by atoms with E-state index < -0.39 is 6.16 Å². The zero-order valence-electron chi connectivity index (χ0n) is 6.73. The third-order valence-electron chi connectivity index (χ3n) is 2.73. The molecule has 2 fully saturated rings. The molecule has 0 amide bonds. The Bertz CT molecular complexity index is 179. The Morgan fingerprint density at radius 2 is 1.92 bits per heavy atom. The van der Waals surface area contributed by atoms with Crippen molar-refractivity contribution in [2.24, 2.45) is 11.8 Å². The maximum absolute atomic E-state index is 10.2. The third kappa shape index (κ3) is 1.39. The molecular weight excluding hydrogens is 160 g/mol. The number of carboxylic acid groups (broad SMARTS) is 1. The molecular formula is C8H12O4. The van der Waals surface area contributed by atoms with Crippen molar-refractivity contribution < 1.29 is 19.4 Å². The van der Waals surface area contributed by atoms with Crippen LogP contribution < -0.4 is 0 Å². The quantitative estimate of drug-likeness (QED) is 0.602. The summed E-state index contributed by atoms with van der Waals surface area (Å²) < 4.78 is 9.97. The second kappa shape index (κ2) is 2.94. The molecule has 1 saturated heterocycles. The van der Waals surface area contributed by atoms with Gasteiger partial charge < -0.3 is 14.6 Å². The minimum atomic E-state index is -1.15. The van der Waals surface area contributed by atoms with E-state index >= 15 is 0 Å². The second-order valence-electron chi connectivity index (χ2n) is 3.53. The van der Waals surface area contributed by atoms with Gasteiger partial charge in [-0.1, -0.05) is 0 Å². The Hall–Kier alpha value is -0.770. The van der Waals surface area contributed by atoms with Gasteiger partial charge in [-0.3, -0.25) is 0 Å². The van der Waals surface area contributed by atoms with Gasteiger partial charge >= 0.3 is 6.16 Å². The molecule has 0 spiro atoms. The van der Waals surface area contributed by atoms with Crippen molar-refractivity contribution >= 4 is 6.16 Å². The zero-order chi connectivity index (χ0) is 8.55. The van der Waals surface area contributed by atoms with Crippen molar-refractivity contribution in [2.75, 3.05) is 13.2 Å². The lowest BCUT2D eigenvalue weighted by molar-refractivity contribution is 0.0448. The third-order valence-corrected chi connectivity index (χ3v) is 2.73. The highest BCUT2D eigenvalue weighted by Crippen LogP contribution is 2.37. The molecule has 4 nitrogen and oxygen atoms in total. The van der Waals surface area contributed by atoms with Crippen LogP contribution in [0.4, 0.5) is 4.79 Å². The SMILES string of the molecule is O=C(O)OC1CC2COCC2C1. The fourth-order valence-electron chi connectivity index (χ4n) is 2.17. The van der Waals surface area contributed by atoms with Gasteiger partial charge in [0, 0.05) is 13.2 Å². The molecule has 1 aliphatic heterocycles. The van der Waals surface area contributed by atoms with Crippen molar-refractivity contribution in [2.45, 2.75) is 18.9 Å². The molecule has 0 aromatic carbocycles. The molecule has 0 bridgehead atoms. The molecule has 0 aromatic heterocycles. The van der Waals surface area contributed by atoms with Crippen LogP contribution >= 0.6 is 0 Å². The molecule has 1 heterocycles. The van der Waals surface area contributed by atoms with Gasteiger partial charge in [-0.05, 0) is 24.7 Å². The van der Waals surface area contributed by atoms with Crippen LogP contribution in [0.3, 0.4) is 0 Å². The largest absolute Gasteiger partial charge is 0.506 e. The van der Waals surface area contributed by atoms with Crippen molar-refractivity contribution in [3.8, 4) is 0 Å². The van der Waals surface area contributed by atoms with Crippen LogP contribution in [0.1, 0.15) is 12.8 Å². The molecule has 1 saturated carbocycles. The molecule has 2 aliphatic rings. The highest BCUT2D eigenvalue weighted by Gasteiger charge is 2.39. The average molecular weight is 172 g/mol. The summed E-state index contributed by atoms with van der Waals surface area (Å²) in [7, 11) is 0. The number of carbonyl (C=O) groups is 1. The van der Waals surface area contributed by atoms with Gasteiger partial charge in [-0.25, -0.2) is 4.79 Å². The topological polar surface area (TPSA) is 55.8 Å². The van der Waals surface area contributed by atoms with Crippen LogP contribution in [0.15, 0.2) is 0 Å². The van der Waals surface area contributed by atoms with E-state index in [0.29, 0.717) is 11.8 Å². The number of hydrogen-bond acceptors (Lipinski definition) is 3. The highest BCUT2D eigenvalue weighted by atomic mass is 16.7. The van der Waals surface area contributed by atoms with Crippen LogP contribution in [0.25, 0.3) is 0 Å². The van der Waals surface area contributed by atoms with Crippen molar-refractivity contribution in [1.29, 1.82) is 0 Å². The minimum absolute atomic E-state index is 0.0820. The maximum atomic E-state index is 10.2. The molecule has 0 aromatic rings. The average Bonchev–Trinajstić information content (AvgIpc) is 2.43. The van der Waals surface area contributed by atoms with Crippen LogP contribution in [-0.4, -0.2) is 30.6 Å². The zero-order valence-corrected chi connectivity index (χ0v) is 6.73. The molecule has 2 atom stereocenters. The van der Waals surface area contributed by atoms with Crippen LogP contribution in [-0.2, 0) is 9.47 Å². The Balaban J connectivity index is 1.86. The first-order valence-corrected chi connectivity index (χ1v) is 4.23. The van der Waals surface area contributed by atoms with E-state index in [9.17, 15) is 4.79 Å². The van der Waals surface area contributed by atoms with Crippen LogP contribution in [0, 0.1) is 11.8 Å². The fraction of sp³-hybridized carbons (Fsp3) is 0.875. The lowest BCUT2D eigenvalue weighted by Crippen LogP contribution is -2.14. The lowest BCUT2D eigenvalue weighted by atomic mass is 10.0. The summed E-state index contributed by atoms with van der Waals surface area (Å²) in [4.78, 5) is 10.2. The summed E-state index contributed by atoms with van der Waals surface area (Å²) in [5.41, 5.74) is 0. The van der Waals surface area contributed by atoms with Gasteiger partial charge in [-0.15, -0.1) is 0 Å². The summed E-state index contributed by atoms with van der Waals surface area (Å²) in [6.45, 7) is 1.56. The fourth-order valence-corrected chi connectivity index (χ4v) is 2.17. The van der Waals surface area contributed by atoms with E-state index in [0.717, 1.165) is 26.1 Å². The standard InChI is InChI=1S/C8H12O4/c9-8(10)12-7-1-5-3-11-4-6(5)2-7/h5-7H,1-4H2,(H,9,10). The Labute approximate surface area is 70.5 Å². The monoisotopic (exact) mass is 172 g/mol. The lowest BCUT2D eigenvalue weighted by Gasteiger charge is -2.09. The molecule has 68 valence electrons. The van der Waals surface area contributed by atoms with Gasteiger partial charge in [0.2, 0.25) is 0 Å². The molecule has 0 radical (unpaired) electrons. The summed E-state index contributed by atoms with van der Waals surface area (Å²) in [5, 5.41) is 8.38.